The highest BCUT2D eigenvalue weighted by Crippen LogP contribution is 2.15. The van der Waals surface area contributed by atoms with Crippen LogP contribution in [0.3, 0.4) is 0 Å². The van der Waals surface area contributed by atoms with Gasteiger partial charge in [0.05, 0.1) is 5.56 Å². The number of para-hydroxylation sites is 1. The number of furan rings is 1. The van der Waals surface area contributed by atoms with Gasteiger partial charge in [0.1, 0.15) is 11.5 Å². The fourth-order valence-electron chi connectivity index (χ4n) is 1.79. The Hall–Kier alpha value is -2.83. The smallest absolute Gasteiger partial charge is 0.276 e. The Morgan fingerprint density at radius 2 is 1.95 bits per heavy atom. The number of rotatable bonds is 4. The molecule has 2 N–H and O–H groups in total. The van der Waals surface area contributed by atoms with E-state index in [0.29, 0.717) is 17.1 Å². The standard InChI is InChI=1S/C15H15FN2O4/c1-9-7-11(10(2)22-9)15(20)18-17-14(19)8-21-13-6-4-3-5-12(13)16/h3-7H,8H2,1-2H3,(H,17,19)(H,18,20). The van der Waals surface area contributed by atoms with E-state index in [0.717, 1.165) is 0 Å². The monoisotopic (exact) mass is 306 g/mol. The molecular weight excluding hydrogens is 291 g/mol. The number of carbonyl (C=O) groups excluding carboxylic acids is 2. The topological polar surface area (TPSA) is 80.6 Å². The Kier molecular flexibility index (Phi) is 4.77. The Labute approximate surface area is 126 Å². The molecule has 0 fully saturated rings. The van der Waals surface area contributed by atoms with Crippen LogP contribution in [0.5, 0.6) is 5.75 Å². The number of benzene rings is 1. The maximum atomic E-state index is 13.3. The molecule has 0 spiro atoms. The lowest BCUT2D eigenvalue weighted by molar-refractivity contribution is -0.123. The van der Waals surface area contributed by atoms with E-state index < -0.39 is 24.2 Å². The number of aryl methyl sites for hydroxylation is 2. The molecule has 6 nitrogen and oxygen atoms in total. The van der Waals surface area contributed by atoms with Crippen molar-refractivity contribution in [3.05, 3.63) is 53.2 Å². The zero-order valence-electron chi connectivity index (χ0n) is 12.1. The molecule has 0 unspecified atom stereocenters. The van der Waals surface area contributed by atoms with E-state index in [1.165, 1.54) is 18.2 Å². The van der Waals surface area contributed by atoms with E-state index in [1.54, 1.807) is 26.0 Å². The number of hydrogen-bond acceptors (Lipinski definition) is 4. The van der Waals surface area contributed by atoms with Crippen LogP contribution in [0.4, 0.5) is 4.39 Å². The zero-order chi connectivity index (χ0) is 16.1. The van der Waals surface area contributed by atoms with Gasteiger partial charge < -0.3 is 9.15 Å². The largest absolute Gasteiger partial charge is 0.481 e. The lowest BCUT2D eigenvalue weighted by Gasteiger charge is -2.08. The summed E-state index contributed by atoms with van der Waals surface area (Å²) in [6, 6.07) is 7.28. The minimum absolute atomic E-state index is 0.0368. The number of nitrogens with one attached hydrogen (secondary N) is 2. The van der Waals surface area contributed by atoms with Gasteiger partial charge in [-0.1, -0.05) is 12.1 Å². The van der Waals surface area contributed by atoms with E-state index in [-0.39, 0.29) is 5.75 Å². The average Bonchev–Trinajstić information content (AvgIpc) is 2.82. The van der Waals surface area contributed by atoms with Crippen LogP contribution in [0.15, 0.2) is 34.7 Å². The molecule has 0 atom stereocenters. The minimum atomic E-state index is -0.616. The molecule has 7 heteroatoms. The molecule has 0 saturated heterocycles. The number of carbonyl (C=O) groups is 2. The molecule has 116 valence electrons. The quantitative estimate of drug-likeness (QED) is 0.845. The second-order valence-corrected chi connectivity index (χ2v) is 4.55. The van der Waals surface area contributed by atoms with E-state index in [4.69, 9.17) is 9.15 Å². The molecule has 0 aliphatic rings. The van der Waals surface area contributed by atoms with Gasteiger partial charge in [-0.3, -0.25) is 20.4 Å². The second-order valence-electron chi connectivity index (χ2n) is 4.55. The summed E-state index contributed by atoms with van der Waals surface area (Å²) in [6.07, 6.45) is 0. The number of halogens is 1. The highest BCUT2D eigenvalue weighted by molar-refractivity contribution is 5.96. The van der Waals surface area contributed by atoms with Crippen LogP contribution < -0.4 is 15.6 Å². The molecule has 0 bridgehead atoms. The van der Waals surface area contributed by atoms with Gasteiger partial charge in [0.2, 0.25) is 0 Å². The summed E-state index contributed by atoms with van der Waals surface area (Å²) >= 11 is 0. The first kappa shape index (κ1) is 15.6. The van der Waals surface area contributed by atoms with Crippen molar-refractivity contribution in [1.82, 2.24) is 10.9 Å². The summed E-state index contributed by atoms with van der Waals surface area (Å²) in [5, 5.41) is 0. The molecule has 2 amide bonds. The third-order valence-corrected chi connectivity index (χ3v) is 2.80. The van der Waals surface area contributed by atoms with E-state index in [1.807, 2.05) is 0 Å². The molecule has 2 aromatic rings. The highest BCUT2D eigenvalue weighted by Gasteiger charge is 2.14. The SMILES string of the molecule is Cc1cc(C(=O)NNC(=O)COc2ccccc2F)c(C)o1. The molecule has 2 rings (SSSR count). The maximum absolute atomic E-state index is 13.3. The number of hydrazine groups is 1. The molecule has 0 aliphatic carbocycles. The van der Waals surface area contributed by atoms with Gasteiger partial charge in [-0.15, -0.1) is 0 Å². The fourth-order valence-corrected chi connectivity index (χ4v) is 1.79. The summed E-state index contributed by atoms with van der Waals surface area (Å²) in [5.41, 5.74) is 4.74. The van der Waals surface area contributed by atoms with E-state index >= 15 is 0 Å². The molecule has 0 saturated carbocycles. The van der Waals surface area contributed by atoms with Gasteiger partial charge in [0, 0.05) is 0 Å². The molecule has 0 aliphatic heterocycles. The lowest BCUT2D eigenvalue weighted by Crippen LogP contribution is -2.43. The van der Waals surface area contributed by atoms with Crippen molar-refractivity contribution in [2.24, 2.45) is 0 Å². The van der Waals surface area contributed by atoms with Crippen LogP contribution in [-0.4, -0.2) is 18.4 Å². The first-order valence-electron chi connectivity index (χ1n) is 6.51. The fraction of sp³-hybridized carbons (Fsp3) is 0.200. The summed E-state index contributed by atoms with van der Waals surface area (Å²) in [4.78, 5) is 23.4. The van der Waals surface area contributed by atoms with Crippen molar-refractivity contribution >= 4 is 11.8 Å². The highest BCUT2D eigenvalue weighted by atomic mass is 19.1. The van der Waals surface area contributed by atoms with Gasteiger partial charge in [-0.2, -0.15) is 0 Å². The van der Waals surface area contributed by atoms with Crippen LogP contribution in [0.2, 0.25) is 0 Å². The Bertz CT molecular complexity index is 697. The Morgan fingerprint density at radius 3 is 2.59 bits per heavy atom. The van der Waals surface area contributed by atoms with Crippen LogP contribution >= 0.6 is 0 Å². The minimum Gasteiger partial charge on any atom is -0.481 e. The Balaban J connectivity index is 1.82. The van der Waals surface area contributed by atoms with Crippen molar-refractivity contribution in [2.45, 2.75) is 13.8 Å². The van der Waals surface area contributed by atoms with Crippen molar-refractivity contribution in [2.75, 3.05) is 6.61 Å². The lowest BCUT2D eigenvalue weighted by atomic mass is 10.2. The molecule has 1 aromatic heterocycles. The van der Waals surface area contributed by atoms with Crippen LogP contribution in [-0.2, 0) is 4.79 Å². The van der Waals surface area contributed by atoms with Gasteiger partial charge in [-0.05, 0) is 32.0 Å². The number of ether oxygens (including phenoxy) is 1. The van der Waals surface area contributed by atoms with Gasteiger partial charge >= 0.3 is 0 Å². The molecular formula is C15H15FN2O4. The molecule has 0 radical (unpaired) electrons. The molecule has 1 aromatic carbocycles. The van der Waals surface area contributed by atoms with Crippen molar-refractivity contribution in [3.8, 4) is 5.75 Å². The predicted molar refractivity (Wildman–Crippen MR) is 75.7 cm³/mol. The van der Waals surface area contributed by atoms with Gasteiger partial charge in [0.15, 0.2) is 18.2 Å². The number of amides is 2. The van der Waals surface area contributed by atoms with Crippen LogP contribution in [0.1, 0.15) is 21.9 Å². The van der Waals surface area contributed by atoms with Crippen LogP contribution in [0.25, 0.3) is 0 Å². The zero-order valence-corrected chi connectivity index (χ0v) is 12.1. The van der Waals surface area contributed by atoms with Crippen molar-refractivity contribution in [3.63, 3.8) is 0 Å². The summed E-state index contributed by atoms with van der Waals surface area (Å²) in [7, 11) is 0. The maximum Gasteiger partial charge on any atom is 0.276 e. The third kappa shape index (κ3) is 3.85. The van der Waals surface area contributed by atoms with Crippen LogP contribution in [0, 0.1) is 19.7 Å². The Morgan fingerprint density at radius 1 is 1.23 bits per heavy atom. The van der Waals surface area contributed by atoms with Crippen molar-refractivity contribution in [1.29, 1.82) is 0 Å². The van der Waals surface area contributed by atoms with Gasteiger partial charge in [-0.25, -0.2) is 4.39 Å². The van der Waals surface area contributed by atoms with E-state index in [2.05, 4.69) is 10.9 Å². The first-order chi connectivity index (χ1) is 10.5. The van der Waals surface area contributed by atoms with Gasteiger partial charge in [0.25, 0.3) is 11.8 Å². The normalized spacial score (nSPS) is 10.1. The first-order valence-corrected chi connectivity index (χ1v) is 6.51. The summed E-state index contributed by atoms with van der Waals surface area (Å²) < 4.78 is 23.5. The second kappa shape index (κ2) is 6.75. The predicted octanol–water partition coefficient (Wildman–Crippen LogP) is 1.88. The third-order valence-electron chi connectivity index (χ3n) is 2.80. The van der Waals surface area contributed by atoms with E-state index in [9.17, 15) is 14.0 Å². The average molecular weight is 306 g/mol. The van der Waals surface area contributed by atoms with Crippen molar-refractivity contribution < 1.29 is 23.1 Å². The summed E-state index contributed by atoms with van der Waals surface area (Å²) in [6.45, 7) is 2.93. The molecule has 22 heavy (non-hydrogen) atoms. The number of hydrogen-bond donors (Lipinski definition) is 2. The summed E-state index contributed by atoms with van der Waals surface area (Å²) in [5.74, 6) is -0.680. The molecule has 1 heterocycles.